The normalized spacial score (nSPS) is 14.0. The molecule has 0 unspecified atom stereocenters. The second kappa shape index (κ2) is 8.86. The molecule has 0 radical (unpaired) electrons. The average molecular weight is 443 g/mol. The Morgan fingerprint density at radius 1 is 1.03 bits per heavy atom. The highest BCUT2D eigenvalue weighted by molar-refractivity contribution is 5.91. The molecule has 2 aromatic heterocycles. The molecule has 0 atom stereocenters. The first-order valence-corrected chi connectivity index (χ1v) is 11.1. The number of furan rings is 1. The number of hydrogen-bond acceptors (Lipinski definition) is 5. The van der Waals surface area contributed by atoms with Gasteiger partial charge in [0.15, 0.2) is 5.76 Å². The van der Waals surface area contributed by atoms with E-state index in [2.05, 4.69) is 27.3 Å². The van der Waals surface area contributed by atoms with Gasteiger partial charge in [0, 0.05) is 55.2 Å². The number of amides is 1. The van der Waals surface area contributed by atoms with Crippen molar-refractivity contribution in [1.82, 2.24) is 9.88 Å². The van der Waals surface area contributed by atoms with Crippen LogP contribution in [-0.4, -0.2) is 42.0 Å². The zero-order valence-corrected chi connectivity index (χ0v) is 18.5. The number of aromatic amines is 1. The maximum Gasteiger partial charge on any atom is 0.289 e. The monoisotopic (exact) mass is 442 g/mol. The van der Waals surface area contributed by atoms with Crippen LogP contribution < -0.4 is 15.8 Å². The summed E-state index contributed by atoms with van der Waals surface area (Å²) >= 11 is 0. The molecular weight excluding hydrogens is 416 g/mol. The number of piperazine rings is 1. The summed E-state index contributed by atoms with van der Waals surface area (Å²) in [6.45, 7) is 5.31. The molecule has 7 heteroatoms. The molecule has 0 saturated carbocycles. The predicted octanol–water partition coefficient (Wildman–Crippen LogP) is 4.00. The first-order valence-electron chi connectivity index (χ1n) is 11.1. The molecule has 1 fully saturated rings. The van der Waals surface area contributed by atoms with Gasteiger partial charge in [0.2, 0.25) is 0 Å². The van der Waals surface area contributed by atoms with Gasteiger partial charge in [-0.05, 0) is 66.4 Å². The van der Waals surface area contributed by atoms with Gasteiger partial charge in [0.1, 0.15) is 0 Å². The molecule has 1 aliphatic heterocycles. The Balaban J connectivity index is 1.19. The molecule has 3 heterocycles. The maximum absolute atomic E-state index is 12.4. The zero-order valence-electron chi connectivity index (χ0n) is 18.5. The van der Waals surface area contributed by atoms with E-state index in [0.29, 0.717) is 31.0 Å². The number of carbonyl (C=O) groups is 1. The number of anilines is 2. The van der Waals surface area contributed by atoms with Gasteiger partial charge >= 0.3 is 0 Å². The highest BCUT2D eigenvalue weighted by Crippen LogP contribution is 2.21. The van der Waals surface area contributed by atoms with Crippen molar-refractivity contribution in [3.05, 3.63) is 94.2 Å². The summed E-state index contributed by atoms with van der Waals surface area (Å²) in [6, 6.07) is 19.6. The van der Waals surface area contributed by atoms with E-state index in [0.717, 1.165) is 40.9 Å². The maximum atomic E-state index is 12.4. The Labute approximate surface area is 191 Å². The lowest BCUT2D eigenvalue weighted by molar-refractivity contribution is 0.0714. The number of pyridine rings is 1. The summed E-state index contributed by atoms with van der Waals surface area (Å²) in [4.78, 5) is 31.9. The smallest absolute Gasteiger partial charge is 0.289 e. The van der Waals surface area contributed by atoms with Crippen molar-refractivity contribution < 1.29 is 9.21 Å². The highest BCUT2D eigenvalue weighted by Gasteiger charge is 2.23. The Bertz CT molecular complexity index is 1320. The van der Waals surface area contributed by atoms with Gasteiger partial charge in [-0.2, -0.15) is 0 Å². The van der Waals surface area contributed by atoms with Crippen molar-refractivity contribution in [2.45, 2.75) is 13.5 Å². The first-order chi connectivity index (χ1) is 16.1. The Morgan fingerprint density at radius 3 is 2.55 bits per heavy atom. The van der Waals surface area contributed by atoms with E-state index in [1.807, 2.05) is 48.2 Å². The minimum absolute atomic E-state index is 0.0574. The number of hydrogen-bond donors (Lipinski definition) is 2. The van der Waals surface area contributed by atoms with Crippen molar-refractivity contribution in [2.75, 3.05) is 36.4 Å². The fourth-order valence-corrected chi connectivity index (χ4v) is 4.20. The molecule has 2 aromatic carbocycles. The minimum Gasteiger partial charge on any atom is -0.459 e. The van der Waals surface area contributed by atoms with E-state index in [9.17, 15) is 9.59 Å². The standard InChI is InChI=1S/C26H26N4O3/c1-18-4-5-19-16-20(25(31)28-23(19)15-18)17-27-21-6-8-22(9-7-21)29-10-12-30(13-11-29)26(32)24-3-2-14-33-24/h2-9,14-16,27H,10-13,17H2,1H3,(H,28,31). The molecule has 7 nitrogen and oxygen atoms in total. The van der Waals surface area contributed by atoms with Gasteiger partial charge in [-0.15, -0.1) is 0 Å². The SMILES string of the molecule is Cc1ccc2cc(CNc3ccc(N4CCN(C(=O)c5ccco5)CC4)cc3)c(=O)[nH]c2c1. The molecule has 33 heavy (non-hydrogen) atoms. The number of aryl methyl sites for hydroxylation is 1. The van der Waals surface area contributed by atoms with Gasteiger partial charge in [-0.25, -0.2) is 0 Å². The van der Waals surface area contributed by atoms with Crippen LogP contribution in [0.5, 0.6) is 0 Å². The van der Waals surface area contributed by atoms with E-state index in [4.69, 9.17) is 4.42 Å². The zero-order chi connectivity index (χ0) is 22.8. The van der Waals surface area contributed by atoms with Gasteiger partial charge in [-0.1, -0.05) is 12.1 Å². The quantitative estimate of drug-likeness (QED) is 0.488. The third-order valence-corrected chi connectivity index (χ3v) is 6.09. The van der Waals surface area contributed by atoms with Gasteiger partial charge in [0.05, 0.1) is 6.26 Å². The van der Waals surface area contributed by atoms with Crippen LogP contribution in [0.3, 0.4) is 0 Å². The van der Waals surface area contributed by atoms with Gasteiger partial charge in [-0.3, -0.25) is 9.59 Å². The number of carbonyl (C=O) groups excluding carboxylic acids is 1. The van der Waals surface area contributed by atoms with E-state index in [-0.39, 0.29) is 11.5 Å². The lowest BCUT2D eigenvalue weighted by Gasteiger charge is -2.35. The van der Waals surface area contributed by atoms with Crippen LogP contribution in [0.4, 0.5) is 11.4 Å². The molecule has 1 amide bonds. The molecule has 0 aliphatic carbocycles. The number of rotatable bonds is 5. The summed E-state index contributed by atoms with van der Waals surface area (Å²) in [5.41, 5.74) is 4.68. The van der Waals surface area contributed by atoms with Crippen molar-refractivity contribution in [3.63, 3.8) is 0 Å². The van der Waals surface area contributed by atoms with Crippen molar-refractivity contribution in [3.8, 4) is 0 Å². The fraction of sp³-hybridized carbons (Fsp3) is 0.231. The summed E-state index contributed by atoms with van der Waals surface area (Å²) in [5.74, 6) is 0.331. The molecular formula is C26H26N4O3. The third-order valence-electron chi connectivity index (χ3n) is 6.09. The lowest BCUT2D eigenvalue weighted by Crippen LogP contribution is -2.48. The summed E-state index contributed by atoms with van der Waals surface area (Å²) in [6.07, 6.45) is 1.52. The van der Waals surface area contributed by atoms with Crippen LogP contribution >= 0.6 is 0 Å². The fourth-order valence-electron chi connectivity index (χ4n) is 4.20. The van der Waals surface area contributed by atoms with Crippen molar-refractivity contribution in [1.29, 1.82) is 0 Å². The number of H-pyrrole nitrogens is 1. The molecule has 1 aliphatic rings. The molecule has 168 valence electrons. The lowest BCUT2D eigenvalue weighted by atomic mass is 10.1. The van der Waals surface area contributed by atoms with E-state index in [1.54, 1.807) is 12.1 Å². The number of fused-ring (bicyclic) bond motifs is 1. The largest absolute Gasteiger partial charge is 0.459 e. The van der Waals surface area contributed by atoms with E-state index >= 15 is 0 Å². The summed E-state index contributed by atoms with van der Waals surface area (Å²) in [7, 11) is 0. The number of benzene rings is 2. The molecule has 5 rings (SSSR count). The van der Waals surface area contributed by atoms with Gasteiger partial charge in [0.25, 0.3) is 11.5 Å². The molecule has 1 saturated heterocycles. The van der Waals surface area contributed by atoms with Crippen LogP contribution in [0.25, 0.3) is 10.9 Å². The minimum atomic E-state index is -0.0702. The van der Waals surface area contributed by atoms with Gasteiger partial charge < -0.3 is 24.5 Å². The van der Waals surface area contributed by atoms with Crippen molar-refractivity contribution in [2.24, 2.45) is 0 Å². The number of nitrogens with zero attached hydrogens (tertiary/aromatic N) is 2. The second-order valence-corrected chi connectivity index (χ2v) is 8.37. The molecule has 0 spiro atoms. The van der Waals surface area contributed by atoms with Crippen molar-refractivity contribution >= 4 is 28.2 Å². The van der Waals surface area contributed by atoms with Crippen LogP contribution in [0.1, 0.15) is 21.7 Å². The molecule has 2 N–H and O–H groups in total. The number of nitrogens with one attached hydrogen (secondary N) is 2. The van der Waals surface area contributed by atoms with E-state index < -0.39 is 0 Å². The molecule has 0 bridgehead atoms. The Hall–Kier alpha value is -4.00. The Morgan fingerprint density at radius 2 is 1.82 bits per heavy atom. The predicted molar refractivity (Wildman–Crippen MR) is 130 cm³/mol. The Kier molecular flexibility index (Phi) is 5.60. The van der Waals surface area contributed by atoms with Crippen LogP contribution in [-0.2, 0) is 6.54 Å². The van der Waals surface area contributed by atoms with Crippen LogP contribution in [0.15, 0.2) is 76.1 Å². The summed E-state index contributed by atoms with van der Waals surface area (Å²) in [5, 5.41) is 4.37. The first kappa shape index (κ1) is 20.9. The topological polar surface area (TPSA) is 81.6 Å². The average Bonchev–Trinajstić information content (AvgIpc) is 3.38. The highest BCUT2D eigenvalue weighted by atomic mass is 16.3. The summed E-state index contributed by atoms with van der Waals surface area (Å²) < 4.78 is 5.23. The van der Waals surface area contributed by atoms with E-state index in [1.165, 1.54) is 6.26 Å². The van der Waals surface area contributed by atoms with Crippen LogP contribution in [0, 0.1) is 6.92 Å². The molecule has 4 aromatic rings. The number of aromatic nitrogens is 1. The third kappa shape index (κ3) is 4.48. The van der Waals surface area contributed by atoms with Crippen LogP contribution in [0.2, 0.25) is 0 Å². The second-order valence-electron chi connectivity index (χ2n) is 8.37.